The van der Waals surface area contributed by atoms with Gasteiger partial charge in [0.15, 0.2) is 0 Å². The Balaban J connectivity index is 1.62. The second-order valence-electron chi connectivity index (χ2n) is 5.78. The fraction of sp³-hybridized carbons (Fsp3) is 0.333. The van der Waals surface area contributed by atoms with Crippen molar-refractivity contribution in [2.45, 2.75) is 25.4 Å². The Labute approximate surface area is 145 Å². The first kappa shape index (κ1) is 16.9. The smallest absolute Gasteiger partial charge is 0.322 e. The molecule has 2 heterocycles. The van der Waals surface area contributed by atoms with E-state index in [0.717, 1.165) is 6.42 Å². The molecule has 3 rings (SSSR count). The molecule has 3 amide bonds. The number of nitrogens with zero attached hydrogens (tertiary/aromatic N) is 1. The number of carbonyl (C=O) groups excluding carboxylic acids is 2. The summed E-state index contributed by atoms with van der Waals surface area (Å²) in [6.07, 6.45) is 2.99. The van der Waals surface area contributed by atoms with Gasteiger partial charge in [-0.3, -0.25) is 4.79 Å². The van der Waals surface area contributed by atoms with Crippen molar-refractivity contribution in [3.05, 3.63) is 48.4 Å². The first-order chi connectivity index (χ1) is 12.2. The molecule has 132 valence electrons. The molecule has 0 saturated carbocycles. The van der Waals surface area contributed by atoms with E-state index in [4.69, 9.17) is 9.15 Å². The summed E-state index contributed by atoms with van der Waals surface area (Å²) in [5.74, 6) is 1.08. The molecule has 1 aromatic heterocycles. The van der Waals surface area contributed by atoms with E-state index in [1.165, 1.54) is 0 Å². The summed E-state index contributed by atoms with van der Waals surface area (Å²) in [7, 11) is 1.55. The van der Waals surface area contributed by atoms with Gasteiger partial charge >= 0.3 is 6.03 Å². The van der Waals surface area contributed by atoms with E-state index in [0.29, 0.717) is 36.7 Å². The minimum Gasteiger partial charge on any atom is -0.495 e. The van der Waals surface area contributed by atoms with Crippen LogP contribution in [-0.4, -0.2) is 36.5 Å². The van der Waals surface area contributed by atoms with Crippen molar-refractivity contribution >= 4 is 17.6 Å². The van der Waals surface area contributed by atoms with Gasteiger partial charge in [0.25, 0.3) is 0 Å². The van der Waals surface area contributed by atoms with Gasteiger partial charge in [0, 0.05) is 6.54 Å². The van der Waals surface area contributed by atoms with Gasteiger partial charge in [-0.15, -0.1) is 0 Å². The molecule has 2 aromatic rings. The van der Waals surface area contributed by atoms with E-state index in [2.05, 4.69) is 10.6 Å². The highest BCUT2D eigenvalue weighted by Crippen LogP contribution is 2.25. The van der Waals surface area contributed by atoms with Crippen LogP contribution < -0.4 is 15.4 Å². The molecule has 0 bridgehead atoms. The largest absolute Gasteiger partial charge is 0.495 e. The highest BCUT2D eigenvalue weighted by atomic mass is 16.5. The standard InChI is InChI=1S/C18H21N3O4/c1-24-16-9-3-2-7-14(16)20-18(23)21-10-4-8-15(21)17(22)19-12-13-6-5-11-25-13/h2-3,5-7,9,11,15H,4,8,10,12H2,1H3,(H,19,22)(H,20,23)/t15-/m1/s1. The van der Waals surface area contributed by atoms with Gasteiger partial charge in [-0.05, 0) is 37.1 Å². The molecule has 1 aliphatic heterocycles. The first-order valence-electron chi connectivity index (χ1n) is 8.20. The van der Waals surface area contributed by atoms with Gasteiger partial charge in [0.05, 0.1) is 25.6 Å². The van der Waals surface area contributed by atoms with Crippen LogP contribution in [0.1, 0.15) is 18.6 Å². The van der Waals surface area contributed by atoms with Gasteiger partial charge < -0.3 is 24.7 Å². The monoisotopic (exact) mass is 343 g/mol. The predicted molar refractivity (Wildman–Crippen MR) is 92.3 cm³/mol. The maximum Gasteiger partial charge on any atom is 0.322 e. The van der Waals surface area contributed by atoms with E-state index in [1.807, 2.05) is 12.1 Å². The van der Waals surface area contributed by atoms with Crippen LogP contribution in [0.4, 0.5) is 10.5 Å². The molecule has 1 atom stereocenters. The highest BCUT2D eigenvalue weighted by molar-refractivity contribution is 5.95. The molecule has 0 radical (unpaired) electrons. The van der Waals surface area contributed by atoms with Crippen molar-refractivity contribution in [3.63, 3.8) is 0 Å². The molecule has 1 saturated heterocycles. The fourth-order valence-corrected chi connectivity index (χ4v) is 2.92. The molecule has 0 unspecified atom stereocenters. The Morgan fingerprint density at radius 1 is 1.28 bits per heavy atom. The Morgan fingerprint density at radius 2 is 2.12 bits per heavy atom. The summed E-state index contributed by atoms with van der Waals surface area (Å²) in [5, 5.41) is 5.64. The van der Waals surface area contributed by atoms with Crippen LogP contribution in [0.5, 0.6) is 5.75 Å². The van der Waals surface area contributed by atoms with Crippen LogP contribution in [0.25, 0.3) is 0 Å². The van der Waals surface area contributed by atoms with Crippen molar-refractivity contribution < 1.29 is 18.7 Å². The van der Waals surface area contributed by atoms with Crippen LogP contribution in [-0.2, 0) is 11.3 Å². The summed E-state index contributed by atoms with van der Waals surface area (Å²) in [5.41, 5.74) is 0.580. The van der Waals surface area contributed by atoms with Crippen molar-refractivity contribution in [2.24, 2.45) is 0 Å². The third-order valence-electron chi connectivity index (χ3n) is 4.18. The van der Waals surface area contributed by atoms with E-state index in [1.54, 1.807) is 42.5 Å². The normalized spacial score (nSPS) is 16.5. The summed E-state index contributed by atoms with van der Waals surface area (Å²) in [6, 6.07) is 9.95. The fourth-order valence-electron chi connectivity index (χ4n) is 2.92. The number of likely N-dealkylation sites (tertiary alicyclic amines) is 1. The molecule has 1 aromatic carbocycles. The Morgan fingerprint density at radius 3 is 2.88 bits per heavy atom. The molecule has 1 fully saturated rings. The lowest BCUT2D eigenvalue weighted by Crippen LogP contribution is -2.47. The van der Waals surface area contributed by atoms with Crippen LogP contribution in [0, 0.1) is 0 Å². The number of methoxy groups -OCH3 is 1. The van der Waals surface area contributed by atoms with E-state index in [9.17, 15) is 9.59 Å². The number of hydrogen-bond acceptors (Lipinski definition) is 4. The lowest BCUT2D eigenvalue weighted by Gasteiger charge is -2.24. The summed E-state index contributed by atoms with van der Waals surface area (Å²) >= 11 is 0. The van der Waals surface area contributed by atoms with Gasteiger partial charge in [-0.2, -0.15) is 0 Å². The molecule has 1 aliphatic rings. The van der Waals surface area contributed by atoms with Crippen LogP contribution >= 0.6 is 0 Å². The average molecular weight is 343 g/mol. The Kier molecular flexibility index (Phi) is 5.23. The highest BCUT2D eigenvalue weighted by Gasteiger charge is 2.34. The van der Waals surface area contributed by atoms with Gasteiger partial charge in [-0.25, -0.2) is 4.79 Å². The number of ether oxygens (including phenoxy) is 1. The van der Waals surface area contributed by atoms with E-state index < -0.39 is 6.04 Å². The van der Waals surface area contributed by atoms with Crippen molar-refractivity contribution in [1.29, 1.82) is 0 Å². The molecule has 0 aliphatic carbocycles. The number of anilines is 1. The maximum absolute atomic E-state index is 12.6. The number of benzene rings is 1. The van der Waals surface area contributed by atoms with Crippen LogP contribution in [0.3, 0.4) is 0 Å². The van der Waals surface area contributed by atoms with E-state index >= 15 is 0 Å². The van der Waals surface area contributed by atoms with Crippen molar-refractivity contribution in [3.8, 4) is 5.75 Å². The molecule has 7 nitrogen and oxygen atoms in total. The number of amides is 3. The zero-order valence-electron chi connectivity index (χ0n) is 14.0. The zero-order valence-corrected chi connectivity index (χ0v) is 14.0. The lowest BCUT2D eigenvalue weighted by molar-refractivity contribution is -0.124. The second kappa shape index (κ2) is 7.74. The molecule has 25 heavy (non-hydrogen) atoms. The number of rotatable bonds is 5. The average Bonchev–Trinajstić information content (AvgIpc) is 3.31. The minimum atomic E-state index is -0.482. The quantitative estimate of drug-likeness (QED) is 0.874. The lowest BCUT2D eigenvalue weighted by atomic mass is 10.2. The molecule has 0 spiro atoms. The van der Waals surface area contributed by atoms with Crippen molar-refractivity contribution in [2.75, 3.05) is 19.0 Å². The Bertz CT molecular complexity index is 730. The predicted octanol–water partition coefficient (Wildman–Crippen LogP) is 2.60. The SMILES string of the molecule is COc1ccccc1NC(=O)N1CCC[C@@H]1C(=O)NCc1ccco1. The minimum absolute atomic E-state index is 0.177. The topological polar surface area (TPSA) is 83.8 Å². The zero-order chi connectivity index (χ0) is 17.6. The molecular weight excluding hydrogens is 322 g/mol. The van der Waals surface area contributed by atoms with Gasteiger partial charge in [0.1, 0.15) is 17.6 Å². The molecule has 7 heteroatoms. The first-order valence-corrected chi connectivity index (χ1v) is 8.20. The number of furan rings is 1. The number of hydrogen-bond donors (Lipinski definition) is 2. The van der Waals surface area contributed by atoms with Gasteiger partial charge in [-0.1, -0.05) is 12.1 Å². The third kappa shape index (κ3) is 3.93. The van der Waals surface area contributed by atoms with E-state index in [-0.39, 0.29) is 11.9 Å². The number of nitrogens with one attached hydrogen (secondary N) is 2. The maximum atomic E-state index is 12.6. The molecular formula is C18H21N3O4. The molecule has 2 N–H and O–H groups in total. The number of carbonyl (C=O) groups is 2. The summed E-state index contributed by atoms with van der Waals surface area (Å²) in [4.78, 5) is 26.6. The van der Waals surface area contributed by atoms with Crippen molar-refractivity contribution in [1.82, 2.24) is 10.2 Å². The third-order valence-corrected chi connectivity index (χ3v) is 4.18. The van der Waals surface area contributed by atoms with Crippen LogP contribution in [0.2, 0.25) is 0 Å². The van der Waals surface area contributed by atoms with Gasteiger partial charge in [0.2, 0.25) is 5.91 Å². The number of para-hydroxylation sites is 2. The van der Waals surface area contributed by atoms with Crippen LogP contribution in [0.15, 0.2) is 47.1 Å². The summed E-state index contributed by atoms with van der Waals surface area (Å²) in [6.45, 7) is 0.851. The summed E-state index contributed by atoms with van der Waals surface area (Å²) < 4.78 is 10.4. The second-order valence-corrected chi connectivity index (χ2v) is 5.78. The Hall–Kier alpha value is -2.96. The number of urea groups is 1.